The smallest absolute Gasteiger partial charge is 0.328 e. The van der Waals surface area contributed by atoms with Gasteiger partial charge in [-0.2, -0.15) is 0 Å². The van der Waals surface area contributed by atoms with Gasteiger partial charge in [0.05, 0.1) is 5.92 Å². The van der Waals surface area contributed by atoms with Crippen molar-refractivity contribution < 1.29 is 14.4 Å². The van der Waals surface area contributed by atoms with Crippen LogP contribution in [0.25, 0.3) is 0 Å². The molecule has 2 aromatic carbocycles. The highest BCUT2D eigenvalue weighted by atomic mass is 16.7. The topological polar surface area (TPSA) is 81.4 Å². The summed E-state index contributed by atoms with van der Waals surface area (Å²) in [5.74, 6) is -1.26. The van der Waals surface area contributed by atoms with Crippen LogP contribution in [-0.2, 0) is 14.4 Å². The first-order valence-corrected chi connectivity index (χ1v) is 10.9. The van der Waals surface area contributed by atoms with Gasteiger partial charge in [0.25, 0.3) is 0 Å². The molecule has 0 saturated heterocycles. The molecule has 2 aliphatic carbocycles. The van der Waals surface area contributed by atoms with Crippen LogP contribution in [0.1, 0.15) is 42.7 Å². The molecule has 0 spiro atoms. The molecule has 5 heteroatoms. The highest BCUT2D eigenvalue weighted by Crippen LogP contribution is 2.36. The number of allylic oxidation sites excluding steroid dienone is 4. The van der Waals surface area contributed by atoms with Crippen LogP contribution >= 0.6 is 0 Å². The number of hydroxylamine groups is 1. The summed E-state index contributed by atoms with van der Waals surface area (Å²) in [6.07, 6.45) is 7.95. The molecule has 0 aliphatic heterocycles. The van der Waals surface area contributed by atoms with Gasteiger partial charge in [-0.25, -0.2) is 0 Å². The summed E-state index contributed by atoms with van der Waals surface area (Å²) in [6, 6.07) is 19.8. The standard InChI is InChI=1S/C26H28N2O3/c27-25(23(18-10-3-1-4-11-18)19-12-5-2-6-13-19)28-31-26(30)22-17-9-16-21(22)24(29)20-14-7-8-15-20/h1-8,10-14,21-23,25,28H,9,15-17,27H2/t21?,22?,25-/m0/s1. The molecule has 2 aliphatic rings. The molecule has 2 aromatic rings. The quantitative estimate of drug-likeness (QED) is 0.502. The number of carbonyl (C=O) groups excluding carboxylic acids is 2. The summed E-state index contributed by atoms with van der Waals surface area (Å²) in [4.78, 5) is 31.1. The molecule has 4 rings (SSSR count). The molecule has 0 radical (unpaired) electrons. The van der Waals surface area contributed by atoms with E-state index in [0.717, 1.165) is 29.5 Å². The summed E-state index contributed by atoms with van der Waals surface area (Å²) in [6.45, 7) is 0. The normalized spacial score (nSPS) is 21.2. The summed E-state index contributed by atoms with van der Waals surface area (Å²) in [5, 5.41) is 0. The molecule has 1 fully saturated rings. The third kappa shape index (κ3) is 4.84. The third-order valence-corrected chi connectivity index (χ3v) is 6.22. The Labute approximate surface area is 182 Å². The Hall–Kier alpha value is -3.02. The van der Waals surface area contributed by atoms with Crippen molar-refractivity contribution in [3.05, 3.63) is 95.6 Å². The lowest BCUT2D eigenvalue weighted by Gasteiger charge is -2.26. The van der Waals surface area contributed by atoms with Gasteiger partial charge in [-0.15, -0.1) is 5.48 Å². The first-order chi connectivity index (χ1) is 15.1. The van der Waals surface area contributed by atoms with Crippen LogP contribution in [0, 0.1) is 11.8 Å². The molecule has 2 unspecified atom stereocenters. The fourth-order valence-corrected chi connectivity index (χ4v) is 4.62. The third-order valence-electron chi connectivity index (χ3n) is 6.22. The summed E-state index contributed by atoms with van der Waals surface area (Å²) < 4.78 is 0. The van der Waals surface area contributed by atoms with Gasteiger partial charge in [0.1, 0.15) is 6.17 Å². The van der Waals surface area contributed by atoms with Crippen LogP contribution in [0.4, 0.5) is 0 Å². The summed E-state index contributed by atoms with van der Waals surface area (Å²) in [5.41, 5.74) is 12.1. The van der Waals surface area contributed by atoms with Gasteiger partial charge in [0.2, 0.25) is 0 Å². The highest BCUT2D eigenvalue weighted by Gasteiger charge is 2.40. The van der Waals surface area contributed by atoms with Gasteiger partial charge in [0.15, 0.2) is 5.78 Å². The van der Waals surface area contributed by atoms with Gasteiger partial charge in [-0.1, -0.05) is 85.3 Å². The second-order valence-electron chi connectivity index (χ2n) is 8.20. The van der Waals surface area contributed by atoms with Crippen LogP contribution in [0.15, 0.2) is 84.5 Å². The molecule has 0 amide bonds. The molecule has 3 N–H and O–H groups in total. The Morgan fingerprint density at radius 1 is 0.935 bits per heavy atom. The zero-order valence-corrected chi connectivity index (χ0v) is 17.4. The Morgan fingerprint density at radius 3 is 2.13 bits per heavy atom. The minimum Gasteiger partial charge on any atom is -0.369 e. The molecule has 0 heterocycles. The number of hydrogen-bond donors (Lipinski definition) is 2. The van der Waals surface area contributed by atoms with Crippen molar-refractivity contribution in [1.29, 1.82) is 0 Å². The molecule has 160 valence electrons. The van der Waals surface area contributed by atoms with E-state index in [1.165, 1.54) is 0 Å². The van der Waals surface area contributed by atoms with Crippen molar-refractivity contribution in [1.82, 2.24) is 5.48 Å². The molecule has 5 nitrogen and oxygen atoms in total. The van der Waals surface area contributed by atoms with Crippen molar-refractivity contribution in [2.24, 2.45) is 17.6 Å². The number of Topliss-reactive ketones (excluding diaryl/α,β-unsaturated/α-hetero) is 1. The minimum absolute atomic E-state index is 0.0696. The molecule has 0 bridgehead atoms. The molecule has 0 aromatic heterocycles. The van der Waals surface area contributed by atoms with Crippen LogP contribution in [0.3, 0.4) is 0 Å². The van der Waals surface area contributed by atoms with Crippen molar-refractivity contribution in [3.8, 4) is 0 Å². The van der Waals surface area contributed by atoms with Gasteiger partial charge in [0, 0.05) is 11.8 Å². The maximum absolute atomic E-state index is 12.8. The molecular weight excluding hydrogens is 388 g/mol. The molecule has 3 atom stereocenters. The Morgan fingerprint density at radius 2 is 1.55 bits per heavy atom. The average Bonchev–Trinajstić information content (AvgIpc) is 3.51. The van der Waals surface area contributed by atoms with E-state index in [2.05, 4.69) is 5.48 Å². The summed E-state index contributed by atoms with van der Waals surface area (Å²) in [7, 11) is 0. The number of carbonyl (C=O) groups is 2. The first kappa shape index (κ1) is 21.2. The Balaban J connectivity index is 1.43. The Bertz CT molecular complexity index is 929. The average molecular weight is 417 g/mol. The number of ketones is 1. The van der Waals surface area contributed by atoms with E-state index in [9.17, 15) is 9.59 Å². The monoisotopic (exact) mass is 416 g/mol. The van der Waals surface area contributed by atoms with Crippen LogP contribution in [-0.4, -0.2) is 17.9 Å². The van der Waals surface area contributed by atoms with Crippen molar-refractivity contribution in [3.63, 3.8) is 0 Å². The van der Waals surface area contributed by atoms with E-state index in [1.54, 1.807) is 0 Å². The zero-order valence-electron chi connectivity index (χ0n) is 17.4. The second kappa shape index (κ2) is 9.86. The van der Waals surface area contributed by atoms with Crippen molar-refractivity contribution in [2.45, 2.75) is 37.8 Å². The number of nitrogens with two attached hydrogens (primary N) is 1. The van der Waals surface area contributed by atoms with Crippen molar-refractivity contribution in [2.75, 3.05) is 0 Å². The first-order valence-electron chi connectivity index (χ1n) is 10.9. The number of rotatable bonds is 8. The van der Waals surface area contributed by atoms with E-state index in [4.69, 9.17) is 10.6 Å². The van der Waals surface area contributed by atoms with E-state index in [-0.39, 0.29) is 17.6 Å². The van der Waals surface area contributed by atoms with Crippen LogP contribution in [0.2, 0.25) is 0 Å². The maximum Gasteiger partial charge on any atom is 0.328 e. The lowest BCUT2D eigenvalue weighted by atomic mass is 9.88. The van der Waals surface area contributed by atoms with Crippen LogP contribution < -0.4 is 11.2 Å². The second-order valence-corrected chi connectivity index (χ2v) is 8.20. The number of hydrogen-bond acceptors (Lipinski definition) is 5. The summed E-state index contributed by atoms with van der Waals surface area (Å²) >= 11 is 0. The van der Waals surface area contributed by atoms with Crippen LogP contribution in [0.5, 0.6) is 0 Å². The van der Waals surface area contributed by atoms with E-state index < -0.39 is 18.1 Å². The number of benzene rings is 2. The van der Waals surface area contributed by atoms with Gasteiger partial charge < -0.3 is 10.6 Å². The zero-order chi connectivity index (χ0) is 21.6. The predicted octanol–water partition coefficient (Wildman–Crippen LogP) is 4.02. The minimum atomic E-state index is -0.633. The Kier molecular flexibility index (Phi) is 6.75. The lowest BCUT2D eigenvalue weighted by Crippen LogP contribution is -2.45. The van der Waals surface area contributed by atoms with Gasteiger partial charge >= 0.3 is 5.97 Å². The predicted molar refractivity (Wildman–Crippen MR) is 120 cm³/mol. The van der Waals surface area contributed by atoms with Crippen molar-refractivity contribution >= 4 is 11.8 Å². The number of nitrogens with one attached hydrogen (secondary N) is 1. The molecule has 31 heavy (non-hydrogen) atoms. The fourth-order valence-electron chi connectivity index (χ4n) is 4.62. The fraction of sp³-hybridized carbons (Fsp3) is 0.308. The van der Waals surface area contributed by atoms with Gasteiger partial charge in [-0.05, 0) is 36.0 Å². The SMILES string of the molecule is N[C@@H](NOC(=O)C1CCCC1C(=O)C1=CC=CC1)C(c1ccccc1)c1ccccc1. The molecular formula is C26H28N2O3. The van der Waals surface area contributed by atoms with E-state index in [1.807, 2.05) is 78.9 Å². The van der Waals surface area contributed by atoms with Gasteiger partial charge in [-0.3, -0.25) is 9.59 Å². The molecule has 1 saturated carbocycles. The lowest BCUT2D eigenvalue weighted by molar-refractivity contribution is -0.160. The maximum atomic E-state index is 12.8. The van der Waals surface area contributed by atoms with E-state index >= 15 is 0 Å². The largest absolute Gasteiger partial charge is 0.369 e. The highest BCUT2D eigenvalue weighted by molar-refractivity contribution is 6.00. The van der Waals surface area contributed by atoms with E-state index in [0.29, 0.717) is 12.8 Å².